The fourth-order valence-corrected chi connectivity index (χ4v) is 3.95. The standard InChI is InChI=1S/C14H22N6O4/c1-2-8-14-3-9(19(15)5-14)18-20(13(14)17-6-16-8)12-11(23)10(22)7(4-21)24-12/h3,6-8,10-12,18,21-23H,2,4-5,15H2,1H3/t7-,8?,10-,11-,12-,14?/m1/s1. The molecule has 132 valence electrons. The lowest BCUT2D eigenvalue weighted by molar-refractivity contribution is -0.0876. The average molecular weight is 338 g/mol. The Kier molecular flexibility index (Phi) is 3.55. The number of aliphatic hydroxyl groups excluding tert-OH is 3. The normalized spacial score (nSPS) is 43.5. The van der Waals surface area contributed by atoms with Gasteiger partial charge in [-0.15, -0.1) is 0 Å². The van der Waals surface area contributed by atoms with E-state index in [1.807, 2.05) is 13.0 Å². The van der Waals surface area contributed by atoms with Gasteiger partial charge in [-0.1, -0.05) is 6.92 Å². The van der Waals surface area contributed by atoms with Gasteiger partial charge >= 0.3 is 0 Å². The molecule has 1 saturated heterocycles. The molecular weight excluding hydrogens is 316 g/mol. The summed E-state index contributed by atoms with van der Waals surface area (Å²) in [5.41, 5.74) is 2.59. The predicted octanol–water partition coefficient (Wildman–Crippen LogP) is -2.52. The quantitative estimate of drug-likeness (QED) is 0.355. The zero-order chi connectivity index (χ0) is 17.1. The van der Waals surface area contributed by atoms with Crippen LogP contribution in [0.5, 0.6) is 0 Å². The summed E-state index contributed by atoms with van der Waals surface area (Å²) in [6.07, 6.45) is 0.186. The van der Waals surface area contributed by atoms with E-state index in [-0.39, 0.29) is 12.6 Å². The maximum atomic E-state index is 10.4. The Labute approximate surface area is 138 Å². The Hall–Kier alpha value is -1.72. The van der Waals surface area contributed by atoms with Gasteiger partial charge in [-0.05, 0) is 12.5 Å². The Morgan fingerprint density at radius 1 is 1.46 bits per heavy atom. The number of nitrogens with one attached hydrogen (secondary N) is 1. The molecule has 24 heavy (non-hydrogen) atoms. The average Bonchev–Trinajstić information content (AvgIpc) is 3.01. The number of nitrogens with zero attached hydrogens (tertiary/aromatic N) is 4. The highest BCUT2D eigenvalue weighted by Crippen LogP contribution is 2.43. The van der Waals surface area contributed by atoms with Gasteiger partial charge in [0.1, 0.15) is 36.3 Å². The molecule has 10 heteroatoms. The van der Waals surface area contributed by atoms with Crippen molar-refractivity contribution in [1.82, 2.24) is 15.4 Å². The van der Waals surface area contributed by atoms with Crippen LogP contribution < -0.4 is 11.3 Å². The summed E-state index contributed by atoms with van der Waals surface area (Å²) in [6, 6.07) is -0.0322. The van der Waals surface area contributed by atoms with Crippen LogP contribution >= 0.6 is 0 Å². The lowest BCUT2D eigenvalue weighted by Gasteiger charge is -2.44. The number of hydrogen-bond acceptors (Lipinski definition) is 10. The van der Waals surface area contributed by atoms with Crippen LogP contribution in [-0.2, 0) is 4.74 Å². The first-order valence-corrected chi connectivity index (χ1v) is 8.05. The molecular formula is C14H22N6O4. The smallest absolute Gasteiger partial charge is 0.178 e. The fraction of sp³-hybridized carbons (Fsp3) is 0.714. The lowest BCUT2D eigenvalue weighted by Crippen LogP contribution is -2.62. The number of amidine groups is 1. The summed E-state index contributed by atoms with van der Waals surface area (Å²) in [6.45, 7) is 2.17. The number of ether oxygens (including phenoxy) is 1. The summed E-state index contributed by atoms with van der Waals surface area (Å²) < 4.78 is 5.65. The van der Waals surface area contributed by atoms with Crippen molar-refractivity contribution in [3.63, 3.8) is 0 Å². The second-order valence-corrected chi connectivity index (χ2v) is 6.55. The zero-order valence-corrected chi connectivity index (χ0v) is 13.3. The first-order valence-electron chi connectivity index (χ1n) is 8.05. The zero-order valence-electron chi connectivity index (χ0n) is 13.3. The molecule has 0 aromatic carbocycles. The Balaban J connectivity index is 1.73. The van der Waals surface area contributed by atoms with Crippen LogP contribution in [0.4, 0.5) is 0 Å². The van der Waals surface area contributed by atoms with Crippen molar-refractivity contribution in [3.05, 3.63) is 11.9 Å². The maximum Gasteiger partial charge on any atom is 0.178 e. The summed E-state index contributed by atoms with van der Waals surface area (Å²) in [5.74, 6) is 7.40. The van der Waals surface area contributed by atoms with Gasteiger partial charge in [0.25, 0.3) is 0 Å². The van der Waals surface area contributed by atoms with E-state index in [0.29, 0.717) is 18.2 Å². The number of rotatable bonds is 3. The maximum absolute atomic E-state index is 10.4. The number of hydrogen-bond donors (Lipinski definition) is 5. The SMILES string of the molecule is CCC1N=CN=C2N([C@@H]3O[C@H](CO)[C@@H](O)[C@H]3O)NC3=CC21CN3N. The van der Waals surface area contributed by atoms with Gasteiger partial charge in [0, 0.05) is 0 Å². The molecule has 1 spiro atoms. The molecule has 0 radical (unpaired) electrons. The molecule has 10 nitrogen and oxygen atoms in total. The van der Waals surface area contributed by atoms with Gasteiger partial charge in [0.05, 0.1) is 24.6 Å². The minimum absolute atomic E-state index is 0.0322. The number of nitrogens with two attached hydrogens (primary N) is 1. The van der Waals surface area contributed by atoms with Crippen LogP contribution in [-0.4, -0.2) is 81.2 Å². The van der Waals surface area contributed by atoms with Gasteiger partial charge in [0.2, 0.25) is 0 Å². The van der Waals surface area contributed by atoms with E-state index in [2.05, 4.69) is 15.4 Å². The van der Waals surface area contributed by atoms with Gasteiger partial charge in [-0.2, -0.15) is 0 Å². The van der Waals surface area contributed by atoms with Crippen LogP contribution in [0.25, 0.3) is 0 Å². The molecule has 1 fully saturated rings. The van der Waals surface area contributed by atoms with E-state index < -0.39 is 30.0 Å². The molecule has 4 heterocycles. The van der Waals surface area contributed by atoms with Gasteiger partial charge in [-0.25, -0.2) is 15.8 Å². The second-order valence-electron chi connectivity index (χ2n) is 6.55. The van der Waals surface area contributed by atoms with Crippen LogP contribution in [0.1, 0.15) is 13.3 Å². The van der Waals surface area contributed by atoms with E-state index in [9.17, 15) is 15.3 Å². The highest BCUT2D eigenvalue weighted by molar-refractivity contribution is 5.98. The van der Waals surface area contributed by atoms with Crippen molar-refractivity contribution in [2.24, 2.45) is 21.2 Å². The van der Waals surface area contributed by atoms with Crippen molar-refractivity contribution >= 4 is 12.2 Å². The number of hydrazine groups is 2. The minimum Gasteiger partial charge on any atom is -0.394 e. The first kappa shape index (κ1) is 15.8. The number of aliphatic hydroxyl groups is 3. The molecule has 0 aromatic rings. The minimum atomic E-state index is -1.20. The highest BCUT2D eigenvalue weighted by atomic mass is 16.6. The Morgan fingerprint density at radius 2 is 2.25 bits per heavy atom. The van der Waals surface area contributed by atoms with Crippen LogP contribution in [0, 0.1) is 5.41 Å². The third-order valence-electron chi connectivity index (χ3n) is 5.19. The van der Waals surface area contributed by atoms with Gasteiger partial charge in [-0.3, -0.25) is 15.4 Å². The molecule has 0 aromatic heterocycles. The van der Waals surface area contributed by atoms with E-state index >= 15 is 0 Å². The summed E-state index contributed by atoms with van der Waals surface area (Å²) in [5, 5.41) is 32.9. The Morgan fingerprint density at radius 3 is 2.92 bits per heavy atom. The molecule has 4 rings (SSSR count). The third-order valence-corrected chi connectivity index (χ3v) is 5.19. The van der Waals surface area contributed by atoms with Crippen molar-refractivity contribution < 1.29 is 20.1 Å². The monoisotopic (exact) mass is 338 g/mol. The molecule has 0 aliphatic carbocycles. The molecule has 6 atom stereocenters. The predicted molar refractivity (Wildman–Crippen MR) is 84.2 cm³/mol. The van der Waals surface area contributed by atoms with Crippen LogP contribution in [0.2, 0.25) is 0 Å². The van der Waals surface area contributed by atoms with Crippen molar-refractivity contribution in [1.29, 1.82) is 0 Å². The Bertz CT molecular complexity index is 624. The first-order chi connectivity index (χ1) is 11.5. The summed E-state index contributed by atoms with van der Waals surface area (Å²) in [4.78, 5) is 8.89. The fourth-order valence-electron chi connectivity index (χ4n) is 3.95. The summed E-state index contributed by atoms with van der Waals surface area (Å²) >= 11 is 0. The summed E-state index contributed by atoms with van der Waals surface area (Å²) in [7, 11) is 0. The molecule has 0 saturated carbocycles. The third kappa shape index (κ3) is 1.94. The molecule has 6 N–H and O–H groups in total. The molecule has 2 unspecified atom stereocenters. The highest BCUT2D eigenvalue weighted by Gasteiger charge is 2.57. The molecule has 0 amide bonds. The topological polar surface area (TPSA) is 139 Å². The lowest BCUT2D eigenvalue weighted by atomic mass is 9.77. The van der Waals surface area contributed by atoms with Crippen molar-refractivity contribution in [3.8, 4) is 0 Å². The van der Waals surface area contributed by atoms with Crippen molar-refractivity contribution in [2.45, 2.75) is 43.9 Å². The van der Waals surface area contributed by atoms with Crippen molar-refractivity contribution in [2.75, 3.05) is 13.2 Å². The van der Waals surface area contributed by atoms with Crippen LogP contribution in [0.15, 0.2) is 21.9 Å². The van der Waals surface area contributed by atoms with Gasteiger partial charge in [0.15, 0.2) is 6.23 Å². The van der Waals surface area contributed by atoms with Crippen LogP contribution in [0.3, 0.4) is 0 Å². The van der Waals surface area contributed by atoms with E-state index in [4.69, 9.17) is 10.6 Å². The van der Waals surface area contributed by atoms with E-state index in [1.165, 1.54) is 6.34 Å². The van der Waals surface area contributed by atoms with E-state index in [0.717, 1.165) is 6.42 Å². The largest absolute Gasteiger partial charge is 0.394 e. The molecule has 2 bridgehead atoms. The van der Waals surface area contributed by atoms with E-state index in [1.54, 1.807) is 10.0 Å². The van der Waals surface area contributed by atoms with Gasteiger partial charge < -0.3 is 20.1 Å². The second kappa shape index (κ2) is 5.39. The number of aliphatic imine (C=N–C) groups is 2. The molecule has 4 aliphatic heterocycles. The molecule has 4 aliphatic rings.